The molecule has 1 saturated heterocycles. The van der Waals surface area contributed by atoms with Crippen LogP contribution in [0.2, 0.25) is 0 Å². The number of aliphatic imine (C=N–C) groups is 1. The minimum Gasteiger partial charge on any atom is -0.357 e. The van der Waals surface area contributed by atoms with Gasteiger partial charge in [0, 0.05) is 45.5 Å². The Balaban J connectivity index is 0.00000341. The zero-order valence-electron chi connectivity index (χ0n) is 18.5. The van der Waals surface area contributed by atoms with Crippen molar-refractivity contribution in [3.63, 3.8) is 0 Å². The molecule has 31 heavy (non-hydrogen) atoms. The molecule has 0 unspecified atom stereocenters. The van der Waals surface area contributed by atoms with E-state index in [1.54, 1.807) is 12.1 Å². The molecule has 1 aromatic carbocycles. The Morgan fingerprint density at radius 3 is 2.58 bits per heavy atom. The van der Waals surface area contributed by atoms with Crippen LogP contribution in [-0.2, 0) is 13.0 Å². The lowest BCUT2D eigenvalue weighted by atomic mass is 10.1. The van der Waals surface area contributed by atoms with Crippen molar-refractivity contribution >= 4 is 35.8 Å². The molecule has 8 heteroatoms. The van der Waals surface area contributed by atoms with E-state index in [1.807, 2.05) is 25.3 Å². The fourth-order valence-electron chi connectivity index (χ4n) is 3.55. The van der Waals surface area contributed by atoms with E-state index in [2.05, 4.69) is 38.4 Å². The summed E-state index contributed by atoms with van der Waals surface area (Å²) in [6.45, 7) is 11.6. The second-order valence-electron chi connectivity index (χ2n) is 7.45. The van der Waals surface area contributed by atoms with Gasteiger partial charge in [0.05, 0.1) is 6.54 Å². The third-order valence-corrected chi connectivity index (χ3v) is 5.31. The number of hydrogen-bond donors (Lipinski definition) is 2. The molecule has 2 heterocycles. The van der Waals surface area contributed by atoms with Gasteiger partial charge in [-0.3, -0.25) is 0 Å². The van der Waals surface area contributed by atoms with Gasteiger partial charge in [-0.1, -0.05) is 19.1 Å². The molecule has 6 nitrogen and oxygen atoms in total. The molecule has 0 aliphatic carbocycles. The van der Waals surface area contributed by atoms with Gasteiger partial charge in [0.25, 0.3) is 0 Å². The summed E-state index contributed by atoms with van der Waals surface area (Å²) in [7, 11) is 0. The van der Waals surface area contributed by atoms with Crippen LogP contribution in [-0.4, -0.2) is 61.7 Å². The van der Waals surface area contributed by atoms with Gasteiger partial charge in [-0.15, -0.1) is 24.0 Å². The molecule has 0 saturated carbocycles. The number of halogens is 2. The molecule has 0 atom stereocenters. The third-order valence-electron chi connectivity index (χ3n) is 5.31. The van der Waals surface area contributed by atoms with Gasteiger partial charge in [0.2, 0.25) is 0 Å². The highest BCUT2D eigenvalue weighted by molar-refractivity contribution is 14.0. The first-order valence-corrected chi connectivity index (χ1v) is 10.9. The number of rotatable bonds is 8. The lowest BCUT2D eigenvalue weighted by molar-refractivity contribution is 0.270. The maximum Gasteiger partial charge on any atom is 0.191 e. The van der Waals surface area contributed by atoms with Gasteiger partial charge in [0.1, 0.15) is 11.6 Å². The molecular formula is C23H34FIN6. The molecule has 1 aromatic heterocycles. The number of likely N-dealkylation sites (N-methyl/N-ethyl adjacent to an activating group) is 1. The summed E-state index contributed by atoms with van der Waals surface area (Å²) in [4.78, 5) is 14.1. The van der Waals surface area contributed by atoms with Gasteiger partial charge < -0.3 is 20.4 Å². The predicted molar refractivity (Wildman–Crippen MR) is 137 cm³/mol. The zero-order valence-corrected chi connectivity index (χ0v) is 20.8. The highest BCUT2D eigenvalue weighted by atomic mass is 127. The molecule has 0 bridgehead atoms. The topological polar surface area (TPSA) is 55.8 Å². The van der Waals surface area contributed by atoms with Crippen molar-refractivity contribution in [3.8, 4) is 0 Å². The zero-order chi connectivity index (χ0) is 21.2. The van der Waals surface area contributed by atoms with Gasteiger partial charge >= 0.3 is 0 Å². The van der Waals surface area contributed by atoms with Crippen molar-refractivity contribution in [2.45, 2.75) is 26.8 Å². The molecule has 2 aromatic rings. The molecule has 3 rings (SSSR count). The normalized spacial score (nSPS) is 14.8. The van der Waals surface area contributed by atoms with Crippen LogP contribution in [0.4, 0.5) is 10.2 Å². The minimum atomic E-state index is -0.197. The Morgan fingerprint density at radius 2 is 1.87 bits per heavy atom. The summed E-state index contributed by atoms with van der Waals surface area (Å²) in [6, 6.07) is 10.9. The van der Waals surface area contributed by atoms with Crippen molar-refractivity contribution in [1.82, 2.24) is 20.5 Å². The molecule has 0 spiro atoms. The molecule has 2 N–H and O–H groups in total. The molecule has 1 aliphatic heterocycles. The van der Waals surface area contributed by atoms with E-state index in [0.717, 1.165) is 68.6 Å². The number of pyridine rings is 1. The first-order chi connectivity index (χ1) is 14.7. The van der Waals surface area contributed by atoms with Crippen LogP contribution in [0.1, 0.15) is 25.0 Å². The number of anilines is 1. The van der Waals surface area contributed by atoms with E-state index in [4.69, 9.17) is 4.99 Å². The number of piperazine rings is 1. The van der Waals surface area contributed by atoms with Gasteiger partial charge in [-0.25, -0.2) is 14.4 Å². The molecule has 1 aliphatic rings. The second-order valence-corrected chi connectivity index (χ2v) is 7.45. The van der Waals surface area contributed by atoms with E-state index in [0.29, 0.717) is 13.1 Å². The Labute approximate surface area is 202 Å². The highest BCUT2D eigenvalue weighted by Gasteiger charge is 2.16. The summed E-state index contributed by atoms with van der Waals surface area (Å²) >= 11 is 0. The highest BCUT2D eigenvalue weighted by Crippen LogP contribution is 2.15. The number of nitrogens with zero attached hydrogens (tertiary/aromatic N) is 4. The first-order valence-electron chi connectivity index (χ1n) is 10.9. The van der Waals surface area contributed by atoms with Crippen LogP contribution in [0.5, 0.6) is 0 Å². The second kappa shape index (κ2) is 13.5. The average molecular weight is 540 g/mol. The maximum absolute atomic E-state index is 13.3. The number of guanidine groups is 1. The molecule has 1 fully saturated rings. The Bertz CT molecular complexity index is 823. The predicted octanol–water partition coefficient (Wildman–Crippen LogP) is 3.28. The number of nitrogens with one attached hydrogen (secondary N) is 2. The van der Waals surface area contributed by atoms with Crippen LogP contribution in [0, 0.1) is 5.82 Å². The lowest BCUT2D eigenvalue weighted by Gasteiger charge is -2.34. The van der Waals surface area contributed by atoms with Gasteiger partial charge in [-0.05, 0) is 55.3 Å². The van der Waals surface area contributed by atoms with E-state index >= 15 is 0 Å². The van der Waals surface area contributed by atoms with E-state index < -0.39 is 0 Å². The standard InChI is InChI=1S/C23H33FN6.HI/c1-3-25-23(27-11-8-19-6-5-7-21(24)16-19)28-18-20-9-10-26-22(17-20)30-14-12-29(4-2)13-15-30;/h5-7,9-10,16-17H,3-4,8,11-15,18H2,1-2H3,(H2,25,27,28);1H. The van der Waals surface area contributed by atoms with E-state index in [9.17, 15) is 4.39 Å². The van der Waals surface area contributed by atoms with Crippen LogP contribution >= 0.6 is 24.0 Å². The molecular weight excluding hydrogens is 506 g/mol. The summed E-state index contributed by atoms with van der Waals surface area (Å²) in [5.74, 6) is 1.60. The summed E-state index contributed by atoms with van der Waals surface area (Å²) < 4.78 is 13.3. The number of hydrogen-bond acceptors (Lipinski definition) is 4. The van der Waals surface area contributed by atoms with Crippen molar-refractivity contribution in [2.75, 3.05) is 50.7 Å². The minimum absolute atomic E-state index is 0. The molecule has 0 radical (unpaired) electrons. The van der Waals surface area contributed by atoms with Crippen LogP contribution in [0.15, 0.2) is 47.6 Å². The third kappa shape index (κ3) is 8.25. The largest absolute Gasteiger partial charge is 0.357 e. The van der Waals surface area contributed by atoms with Crippen molar-refractivity contribution in [2.24, 2.45) is 4.99 Å². The molecule has 0 amide bonds. The van der Waals surface area contributed by atoms with Gasteiger partial charge in [0.15, 0.2) is 5.96 Å². The Kier molecular flexibility index (Phi) is 11.0. The van der Waals surface area contributed by atoms with E-state index in [1.165, 1.54) is 6.07 Å². The van der Waals surface area contributed by atoms with Crippen molar-refractivity contribution in [1.29, 1.82) is 0 Å². The van der Waals surface area contributed by atoms with Crippen molar-refractivity contribution < 1.29 is 4.39 Å². The number of aromatic nitrogens is 1. The van der Waals surface area contributed by atoms with Crippen LogP contribution in [0.25, 0.3) is 0 Å². The SMILES string of the molecule is CCNC(=NCc1ccnc(N2CCN(CC)CC2)c1)NCCc1cccc(F)c1.I. The Hall–Kier alpha value is -1.94. The smallest absolute Gasteiger partial charge is 0.191 e. The fourth-order valence-corrected chi connectivity index (χ4v) is 3.55. The average Bonchev–Trinajstić information content (AvgIpc) is 2.78. The van der Waals surface area contributed by atoms with Crippen LogP contribution < -0.4 is 15.5 Å². The molecule has 170 valence electrons. The van der Waals surface area contributed by atoms with Gasteiger partial charge in [-0.2, -0.15) is 0 Å². The quantitative estimate of drug-likeness (QED) is 0.306. The fraction of sp³-hybridized carbons (Fsp3) is 0.478. The maximum atomic E-state index is 13.3. The monoisotopic (exact) mass is 540 g/mol. The number of benzene rings is 1. The van der Waals surface area contributed by atoms with E-state index in [-0.39, 0.29) is 29.8 Å². The lowest BCUT2D eigenvalue weighted by Crippen LogP contribution is -2.46. The summed E-state index contributed by atoms with van der Waals surface area (Å²) in [6.07, 6.45) is 2.61. The Morgan fingerprint density at radius 1 is 1.06 bits per heavy atom. The summed E-state index contributed by atoms with van der Waals surface area (Å²) in [5.41, 5.74) is 2.11. The summed E-state index contributed by atoms with van der Waals surface area (Å²) in [5, 5.41) is 6.61. The van der Waals surface area contributed by atoms with Crippen LogP contribution in [0.3, 0.4) is 0 Å². The first kappa shape index (κ1) is 25.3. The van der Waals surface area contributed by atoms with Crippen molar-refractivity contribution in [3.05, 3.63) is 59.5 Å².